The summed E-state index contributed by atoms with van der Waals surface area (Å²) in [5.74, 6) is 0. The van der Waals surface area contributed by atoms with Gasteiger partial charge in [0.15, 0.2) is 0 Å². The maximum absolute atomic E-state index is 9.13. The number of nitrogens with one attached hydrogen (secondary N) is 1. The molecule has 0 spiro atoms. The Kier molecular flexibility index (Phi) is 3.41. The van der Waals surface area contributed by atoms with E-state index in [1.54, 1.807) is 12.3 Å². The number of pyridine rings is 1. The van der Waals surface area contributed by atoms with Crippen molar-refractivity contribution in [2.45, 2.75) is 19.1 Å². The Morgan fingerprint density at radius 3 is 3.20 bits per heavy atom. The van der Waals surface area contributed by atoms with Crippen molar-refractivity contribution in [2.24, 2.45) is 0 Å². The number of aliphatic hydroxyl groups excluding tert-OH is 1. The van der Waals surface area contributed by atoms with E-state index in [2.05, 4.69) is 10.3 Å². The molecule has 1 fully saturated rings. The lowest BCUT2D eigenvalue weighted by Crippen LogP contribution is -2.20. The molecule has 0 radical (unpaired) electrons. The average molecular weight is 229 g/mol. The van der Waals surface area contributed by atoms with E-state index < -0.39 is 0 Å². The zero-order valence-electron chi connectivity index (χ0n) is 8.24. The van der Waals surface area contributed by atoms with Gasteiger partial charge in [-0.05, 0) is 12.5 Å². The number of hydrogen-bond acceptors (Lipinski definition) is 4. The topological polar surface area (TPSA) is 54.4 Å². The van der Waals surface area contributed by atoms with E-state index in [4.69, 9.17) is 21.4 Å². The Morgan fingerprint density at radius 1 is 1.67 bits per heavy atom. The quantitative estimate of drug-likeness (QED) is 0.769. The lowest BCUT2D eigenvalue weighted by atomic mass is 10.2. The molecule has 1 saturated heterocycles. The van der Waals surface area contributed by atoms with E-state index in [0.717, 1.165) is 24.3 Å². The lowest BCUT2D eigenvalue weighted by molar-refractivity contribution is 0.195. The summed E-state index contributed by atoms with van der Waals surface area (Å²) in [6, 6.07) is 2.03. The van der Waals surface area contributed by atoms with E-state index in [9.17, 15) is 0 Å². The van der Waals surface area contributed by atoms with Crippen molar-refractivity contribution in [2.75, 3.05) is 18.5 Å². The van der Waals surface area contributed by atoms with Crippen LogP contribution in [0.1, 0.15) is 12.0 Å². The largest absolute Gasteiger partial charge is 0.392 e. The normalized spacial score (nSPS) is 20.5. The first kappa shape index (κ1) is 10.7. The van der Waals surface area contributed by atoms with Crippen molar-refractivity contribution >= 4 is 17.3 Å². The number of nitrogens with zero attached hydrogens (tertiary/aromatic N) is 1. The van der Waals surface area contributed by atoms with Crippen molar-refractivity contribution in [1.82, 2.24) is 4.98 Å². The summed E-state index contributed by atoms with van der Waals surface area (Å²) in [5, 5.41) is 12.8. The second-order valence-corrected chi connectivity index (χ2v) is 3.91. The third-order valence-electron chi connectivity index (χ3n) is 2.41. The number of aliphatic hydroxyl groups is 1. The van der Waals surface area contributed by atoms with Crippen molar-refractivity contribution in [1.29, 1.82) is 0 Å². The molecule has 15 heavy (non-hydrogen) atoms. The van der Waals surface area contributed by atoms with Crippen LogP contribution in [0.25, 0.3) is 0 Å². The molecule has 1 atom stereocenters. The smallest absolute Gasteiger partial charge is 0.131 e. The van der Waals surface area contributed by atoms with Gasteiger partial charge < -0.3 is 15.2 Å². The molecule has 2 rings (SSSR count). The molecule has 5 heteroatoms. The molecule has 0 amide bonds. The minimum absolute atomic E-state index is 0.0416. The van der Waals surface area contributed by atoms with Gasteiger partial charge in [-0.15, -0.1) is 0 Å². The van der Waals surface area contributed by atoms with E-state index in [1.807, 2.05) is 0 Å². The van der Waals surface area contributed by atoms with E-state index in [-0.39, 0.29) is 6.61 Å². The molecule has 1 aliphatic rings. The molecule has 1 aliphatic heterocycles. The molecule has 82 valence electrons. The second kappa shape index (κ2) is 4.79. The SMILES string of the molecule is OCc1cnc(Cl)cc1N[C@H]1CCOC1. The Bertz CT molecular complexity index is 340. The van der Waals surface area contributed by atoms with Gasteiger partial charge in [0.1, 0.15) is 5.15 Å². The highest BCUT2D eigenvalue weighted by atomic mass is 35.5. The summed E-state index contributed by atoms with van der Waals surface area (Å²) in [6.07, 6.45) is 2.56. The predicted octanol–water partition coefficient (Wildman–Crippen LogP) is 1.43. The van der Waals surface area contributed by atoms with Gasteiger partial charge in [-0.3, -0.25) is 0 Å². The molecule has 0 unspecified atom stereocenters. The van der Waals surface area contributed by atoms with Gasteiger partial charge in [0, 0.05) is 24.1 Å². The Balaban J connectivity index is 2.14. The lowest BCUT2D eigenvalue weighted by Gasteiger charge is -2.15. The second-order valence-electron chi connectivity index (χ2n) is 3.53. The number of aromatic nitrogens is 1. The number of halogens is 1. The molecule has 4 nitrogen and oxygen atoms in total. The third kappa shape index (κ3) is 2.59. The summed E-state index contributed by atoms with van der Waals surface area (Å²) in [7, 11) is 0. The van der Waals surface area contributed by atoms with Crippen LogP contribution >= 0.6 is 11.6 Å². The summed E-state index contributed by atoms with van der Waals surface area (Å²) < 4.78 is 5.26. The third-order valence-corrected chi connectivity index (χ3v) is 2.62. The molecule has 2 N–H and O–H groups in total. The van der Waals surface area contributed by atoms with E-state index in [1.165, 1.54) is 0 Å². The Labute approximate surface area is 93.2 Å². The molecular weight excluding hydrogens is 216 g/mol. The number of rotatable bonds is 3. The van der Waals surface area contributed by atoms with Crippen LogP contribution < -0.4 is 5.32 Å². The minimum Gasteiger partial charge on any atom is -0.392 e. The fourth-order valence-electron chi connectivity index (χ4n) is 1.59. The molecule has 0 aliphatic carbocycles. The molecule has 1 aromatic heterocycles. The van der Waals surface area contributed by atoms with Crippen molar-refractivity contribution in [3.05, 3.63) is 23.0 Å². The molecule has 0 aromatic carbocycles. The standard InChI is InChI=1S/C10H13ClN2O2/c11-10-3-9(7(5-14)4-12-10)13-8-1-2-15-6-8/h3-4,8,14H,1-2,5-6H2,(H,12,13)/t8-/m0/s1. The predicted molar refractivity (Wildman–Crippen MR) is 58.0 cm³/mol. The summed E-state index contributed by atoms with van der Waals surface area (Å²) in [6.45, 7) is 1.44. The maximum atomic E-state index is 9.13. The fraction of sp³-hybridized carbons (Fsp3) is 0.500. The average Bonchev–Trinajstić information content (AvgIpc) is 2.71. The molecule has 0 saturated carbocycles. The van der Waals surface area contributed by atoms with Crippen LogP contribution in [-0.2, 0) is 11.3 Å². The monoisotopic (exact) mass is 228 g/mol. The zero-order valence-corrected chi connectivity index (χ0v) is 9.00. The highest BCUT2D eigenvalue weighted by Crippen LogP contribution is 2.21. The van der Waals surface area contributed by atoms with E-state index >= 15 is 0 Å². The molecule has 1 aromatic rings. The maximum Gasteiger partial charge on any atom is 0.131 e. The van der Waals surface area contributed by atoms with Crippen LogP contribution in [0.3, 0.4) is 0 Å². The van der Waals surface area contributed by atoms with Gasteiger partial charge in [-0.25, -0.2) is 4.98 Å². The van der Waals surface area contributed by atoms with Crippen molar-refractivity contribution < 1.29 is 9.84 Å². The van der Waals surface area contributed by atoms with Crippen LogP contribution in [0.2, 0.25) is 5.15 Å². The first-order valence-electron chi connectivity index (χ1n) is 4.89. The van der Waals surface area contributed by atoms with Gasteiger partial charge in [0.25, 0.3) is 0 Å². The van der Waals surface area contributed by atoms with Gasteiger partial charge >= 0.3 is 0 Å². The van der Waals surface area contributed by atoms with Crippen LogP contribution in [0.15, 0.2) is 12.3 Å². The van der Waals surface area contributed by atoms with Gasteiger partial charge in [0.05, 0.1) is 19.3 Å². The zero-order chi connectivity index (χ0) is 10.7. The summed E-state index contributed by atoms with van der Waals surface area (Å²) in [4.78, 5) is 3.92. The van der Waals surface area contributed by atoms with Crippen LogP contribution in [-0.4, -0.2) is 29.3 Å². The Hall–Kier alpha value is -0.840. The Morgan fingerprint density at radius 2 is 2.53 bits per heavy atom. The molecular formula is C10H13ClN2O2. The summed E-state index contributed by atoms with van der Waals surface area (Å²) in [5.41, 5.74) is 1.60. The highest BCUT2D eigenvalue weighted by molar-refractivity contribution is 6.29. The molecule has 0 bridgehead atoms. The van der Waals surface area contributed by atoms with Crippen molar-refractivity contribution in [3.63, 3.8) is 0 Å². The van der Waals surface area contributed by atoms with Crippen LogP contribution in [0.4, 0.5) is 5.69 Å². The van der Waals surface area contributed by atoms with Crippen LogP contribution in [0, 0.1) is 0 Å². The van der Waals surface area contributed by atoms with Gasteiger partial charge in [-0.2, -0.15) is 0 Å². The first-order valence-corrected chi connectivity index (χ1v) is 5.27. The van der Waals surface area contributed by atoms with Gasteiger partial charge in [-0.1, -0.05) is 11.6 Å². The van der Waals surface area contributed by atoms with E-state index in [0.29, 0.717) is 17.8 Å². The summed E-state index contributed by atoms with van der Waals surface area (Å²) >= 11 is 5.80. The van der Waals surface area contributed by atoms with Gasteiger partial charge in [0.2, 0.25) is 0 Å². The molecule has 2 heterocycles. The number of anilines is 1. The first-order chi connectivity index (χ1) is 7.29. The fourth-order valence-corrected chi connectivity index (χ4v) is 1.74. The van der Waals surface area contributed by atoms with Crippen molar-refractivity contribution in [3.8, 4) is 0 Å². The number of hydrogen-bond donors (Lipinski definition) is 2. The minimum atomic E-state index is -0.0416. The number of ether oxygens (including phenoxy) is 1. The highest BCUT2D eigenvalue weighted by Gasteiger charge is 2.16. The van der Waals surface area contributed by atoms with Crippen LogP contribution in [0.5, 0.6) is 0 Å².